The quantitative estimate of drug-likeness (QED) is 0.826. The molecule has 0 unspecified atom stereocenters. The van der Waals surface area contributed by atoms with Crippen molar-refractivity contribution in [3.8, 4) is 5.75 Å². The van der Waals surface area contributed by atoms with Gasteiger partial charge in [-0.2, -0.15) is 0 Å². The lowest BCUT2D eigenvalue weighted by atomic mass is 10.1. The van der Waals surface area contributed by atoms with Crippen LogP contribution in [0, 0.1) is 13.8 Å². The van der Waals surface area contributed by atoms with Gasteiger partial charge in [0.2, 0.25) is 0 Å². The van der Waals surface area contributed by atoms with E-state index in [1.54, 1.807) is 6.07 Å². The molecule has 2 aromatic carbocycles. The van der Waals surface area contributed by atoms with E-state index in [1.807, 2.05) is 44.2 Å². The minimum Gasteiger partial charge on any atom is -0.483 e. The van der Waals surface area contributed by atoms with Crippen LogP contribution in [0.5, 0.6) is 5.75 Å². The molecule has 1 fully saturated rings. The number of carbonyl (C=O) groups excluding carboxylic acids is 1. The van der Waals surface area contributed by atoms with E-state index in [2.05, 4.69) is 17.3 Å². The maximum absolute atomic E-state index is 12.5. The topological polar surface area (TPSA) is 46.0 Å². The molecule has 1 heterocycles. The number of halogens is 1. The molecule has 0 atom stereocenters. The molecule has 27 heavy (non-hydrogen) atoms. The van der Waals surface area contributed by atoms with Gasteiger partial charge in [-0.3, -0.25) is 4.79 Å². The van der Waals surface area contributed by atoms with Gasteiger partial charge >= 0.3 is 0 Å². The molecular formula is C21H27ClN3O2+. The number of ether oxygens (including phenoxy) is 1. The van der Waals surface area contributed by atoms with Crippen molar-refractivity contribution in [2.45, 2.75) is 13.8 Å². The summed E-state index contributed by atoms with van der Waals surface area (Å²) < 4.78 is 5.72. The fraction of sp³-hybridized carbons (Fsp3) is 0.381. The lowest BCUT2D eigenvalue weighted by Crippen LogP contribution is -3.12. The highest BCUT2D eigenvalue weighted by Gasteiger charge is 2.20. The highest BCUT2D eigenvalue weighted by atomic mass is 35.5. The van der Waals surface area contributed by atoms with Gasteiger partial charge in [0, 0.05) is 5.02 Å². The van der Waals surface area contributed by atoms with Gasteiger partial charge in [0.25, 0.3) is 5.91 Å². The molecule has 1 amide bonds. The molecule has 6 heteroatoms. The Balaban J connectivity index is 1.68. The van der Waals surface area contributed by atoms with E-state index in [1.165, 1.54) is 4.90 Å². The first-order valence-electron chi connectivity index (χ1n) is 9.28. The molecule has 1 saturated heterocycles. The van der Waals surface area contributed by atoms with Gasteiger partial charge in [0.05, 0.1) is 44.6 Å². The van der Waals surface area contributed by atoms with Gasteiger partial charge in [-0.15, -0.1) is 0 Å². The average Bonchev–Trinajstić information content (AvgIpc) is 2.64. The fourth-order valence-corrected chi connectivity index (χ4v) is 3.40. The number of piperazine rings is 1. The largest absolute Gasteiger partial charge is 0.483 e. The third kappa shape index (κ3) is 4.93. The van der Waals surface area contributed by atoms with Crippen LogP contribution in [0.2, 0.25) is 5.02 Å². The van der Waals surface area contributed by atoms with Crippen molar-refractivity contribution in [3.63, 3.8) is 0 Å². The molecule has 0 saturated carbocycles. The maximum Gasteiger partial charge on any atom is 0.262 e. The maximum atomic E-state index is 12.5. The van der Waals surface area contributed by atoms with Crippen LogP contribution in [0.25, 0.3) is 0 Å². The van der Waals surface area contributed by atoms with E-state index in [0.29, 0.717) is 5.02 Å². The van der Waals surface area contributed by atoms with Crippen molar-refractivity contribution in [2.24, 2.45) is 0 Å². The second-order valence-electron chi connectivity index (χ2n) is 7.14. The van der Waals surface area contributed by atoms with E-state index in [0.717, 1.165) is 54.4 Å². The van der Waals surface area contributed by atoms with Crippen LogP contribution >= 0.6 is 11.6 Å². The van der Waals surface area contributed by atoms with Crippen LogP contribution in [-0.2, 0) is 4.79 Å². The van der Waals surface area contributed by atoms with E-state index >= 15 is 0 Å². The van der Waals surface area contributed by atoms with Crippen LogP contribution < -0.4 is 19.9 Å². The molecular weight excluding hydrogens is 362 g/mol. The molecule has 144 valence electrons. The summed E-state index contributed by atoms with van der Waals surface area (Å²) in [5.74, 6) is 0.540. The smallest absolute Gasteiger partial charge is 0.262 e. The molecule has 2 N–H and O–H groups in total. The van der Waals surface area contributed by atoms with Crippen LogP contribution in [0.1, 0.15) is 11.1 Å². The molecule has 2 aromatic rings. The molecule has 0 aliphatic carbocycles. The van der Waals surface area contributed by atoms with E-state index < -0.39 is 0 Å². The summed E-state index contributed by atoms with van der Waals surface area (Å²) in [5.41, 5.74) is 3.93. The monoisotopic (exact) mass is 388 g/mol. The number of hydrogen-bond acceptors (Lipinski definition) is 3. The minimum absolute atomic E-state index is 0.0386. The van der Waals surface area contributed by atoms with E-state index in [4.69, 9.17) is 16.3 Å². The molecule has 1 aliphatic heterocycles. The molecule has 0 aromatic heterocycles. The summed E-state index contributed by atoms with van der Waals surface area (Å²) in [6.07, 6.45) is 0. The van der Waals surface area contributed by atoms with Gasteiger partial charge in [0.15, 0.2) is 6.61 Å². The highest BCUT2D eigenvalue weighted by Crippen LogP contribution is 2.29. The zero-order chi connectivity index (χ0) is 19.4. The lowest BCUT2D eigenvalue weighted by molar-refractivity contribution is -0.880. The zero-order valence-electron chi connectivity index (χ0n) is 16.1. The Bertz CT molecular complexity index is 817. The Labute approximate surface area is 165 Å². The molecule has 0 radical (unpaired) electrons. The Hall–Kier alpha value is -2.24. The molecule has 5 nitrogen and oxygen atoms in total. The summed E-state index contributed by atoms with van der Waals surface area (Å²) in [6.45, 7) is 8.04. The van der Waals surface area contributed by atoms with Gasteiger partial charge < -0.3 is 19.9 Å². The van der Waals surface area contributed by atoms with Crippen LogP contribution in [0.4, 0.5) is 11.4 Å². The third-order valence-corrected chi connectivity index (χ3v) is 5.34. The standard InChI is InChI=1S/C21H26ClN3O2/c1-15-5-4-6-20(16(15)2)27-14-21(26)23-18-13-17(22)7-8-19(18)25-11-9-24(3)10-12-25/h4-8,13H,9-12,14H2,1-3H3,(H,23,26)/p+1. The van der Waals surface area contributed by atoms with Crippen molar-refractivity contribution >= 4 is 28.9 Å². The number of rotatable bonds is 5. The number of carbonyl (C=O) groups is 1. The van der Waals surface area contributed by atoms with Crippen molar-refractivity contribution in [2.75, 3.05) is 50.1 Å². The van der Waals surface area contributed by atoms with Crippen LogP contribution in [0.3, 0.4) is 0 Å². The number of amides is 1. The first-order chi connectivity index (χ1) is 12.9. The average molecular weight is 389 g/mol. The van der Waals surface area contributed by atoms with E-state index in [-0.39, 0.29) is 12.5 Å². The number of benzene rings is 2. The van der Waals surface area contributed by atoms with Crippen molar-refractivity contribution < 1.29 is 14.4 Å². The summed E-state index contributed by atoms with van der Waals surface area (Å²) in [4.78, 5) is 16.3. The van der Waals surface area contributed by atoms with Crippen molar-refractivity contribution in [1.29, 1.82) is 0 Å². The SMILES string of the molecule is Cc1cccc(OCC(=O)Nc2cc(Cl)ccc2N2CC[NH+](C)CC2)c1C. The Morgan fingerprint density at radius 1 is 1.22 bits per heavy atom. The lowest BCUT2D eigenvalue weighted by Gasteiger charge is -2.33. The van der Waals surface area contributed by atoms with Gasteiger partial charge in [0.1, 0.15) is 5.75 Å². The van der Waals surface area contributed by atoms with Crippen molar-refractivity contribution in [1.82, 2.24) is 0 Å². The van der Waals surface area contributed by atoms with Crippen molar-refractivity contribution in [3.05, 3.63) is 52.5 Å². The molecule has 1 aliphatic rings. The summed E-state index contributed by atoms with van der Waals surface area (Å²) in [5, 5.41) is 3.57. The van der Waals surface area contributed by atoms with Crippen LogP contribution in [0.15, 0.2) is 36.4 Å². The zero-order valence-corrected chi connectivity index (χ0v) is 16.9. The Kier molecular flexibility index (Phi) is 6.24. The first kappa shape index (κ1) is 19.5. The number of aryl methyl sites for hydroxylation is 1. The fourth-order valence-electron chi connectivity index (χ4n) is 3.22. The van der Waals surface area contributed by atoms with Gasteiger partial charge in [-0.1, -0.05) is 23.7 Å². The summed E-state index contributed by atoms with van der Waals surface area (Å²) in [7, 11) is 2.20. The van der Waals surface area contributed by atoms with Gasteiger partial charge in [-0.05, 0) is 49.2 Å². The predicted molar refractivity (Wildman–Crippen MR) is 110 cm³/mol. The normalized spacial score (nSPS) is 14.9. The second-order valence-corrected chi connectivity index (χ2v) is 7.58. The molecule has 3 rings (SSSR count). The predicted octanol–water partition coefficient (Wildman–Crippen LogP) is 2.31. The number of nitrogens with one attached hydrogen (secondary N) is 2. The number of hydrogen-bond donors (Lipinski definition) is 2. The summed E-state index contributed by atoms with van der Waals surface area (Å²) >= 11 is 6.17. The number of likely N-dealkylation sites (N-methyl/N-ethyl adjacent to an activating group) is 1. The third-order valence-electron chi connectivity index (χ3n) is 5.10. The first-order valence-corrected chi connectivity index (χ1v) is 9.66. The number of nitrogens with zero attached hydrogens (tertiary/aromatic N) is 1. The Morgan fingerprint density at radius 2 is 1.96 bits per heavy atom. The number of anilines is 2. The highest BCUT2D eigenvalue weighted by molar-refractivity contribution is 6.31. The summed E-state index contributed by atoms with van der Waals surface area (Å²) in [6, 6.07) is 11.5. The molecule has 0 bridgehead atoms. The Morgan fingerprint density at radius 3 is 2.70 bits per heavy atom. The minimum atomic E-state index is -0.195. The second kappa shape index (κ2) is 8.63. The van der Waals surface area contributed by atoms with Gasteiger partial charge in [-0.25, -0.2) is 0 Å². The van der Waals surface area contributed by atoms with Crippen LogP contribution in [-0.4, -0.2) is 45.7 Å². The number of quaternary nitrogens is 1. The molecule has 0 spiro atoms. The van der Waals surface area contributed by atoms with E-state index in [9.17, 15) is 4.79 Å².